The van der Waals surface area contributed by atoms with Gasteiger partial charge in [0, 0.05) is 38.7 Å². The van der Waals surface area contributed by atoms with Crippen LogP contribution in [0.15, 0.2) is 221 Å². The van der Waals surface area contributed by atoms with E-state index in [1.165, 1.54) is 27.1 Å². The molecule has 12 rings (SSSR count). The molecule has 5 nitrogen and oxygen atoms in total. The summed E-state index contributed by atoms with van der Waals surface area (Å²) in [5.41, 5.74) is 12.4. The highest BCUT2D eigenvalue weighted by molar-refractivity contribution is 6.23. The summed E-state index contributed by atoms with van der Waals surface area (Å²) in [5.74, 6) is 1.39. The monoisotopic (exact) mass is 768 g/mol. The molecule has 0 saturated carbocycles. The SMILES string of the molecule is c1ccc(-c2ccc(C3N=C(c4cccc(-c5ccccc5)c4)N=C(c4cc(-n5c6ccccc6c6cc7ccccc7cc65)cc5oc6ccccc6c45)N3)cc2)cc1. The topological polar surface area (TPSA) is 54.8 Å². The zero-order chi connectivity index (χ0) is 39.6. The molecule has 9 aromatic carbocycles. The van der Waals surface area contributed by atoms with Crippen LogP contribution >= 0.6 is 0 Å². The van der Waals surface area contributed by atoms with Gasteiger partial charge in [0.1, 0.15) is 23.2 Å². The molecular formula is C55H36N4O. The molecule has 282 valence electrons. The number of aromatic nitrogens is 1. The van der Waals surface area contributed by atoms with Crippen molar-refractivity contribution in [2.45, 2.75) is 6.17 Å². The van der Waals surface area contributed by atoms with Gasteiger partial charge in [-0.15, -0.1) is 0 Å². The second-order valence-electron chi connectivity index (χ2n) is 15.4. The highest BCUT2D eigenvalue weighted by Gasteiger charge is 2.26. The van der Waals surface area contributed by atoms with Gasteiger partial charge < -0.3 is 14.3 Å². The van der Waals surface area contributed by atoms with Crippen molar-refractivity contribution in [3.8, 4) is 27.9 Å². The van der Waals surface area contributed by atoms with Gasteiger partial charge in [-0.05, 0) is 75.0 Å². The van der Waals surface area contributed by atoms with Crippen molar-refractivity contribution >= 4 is 66.2 Å². The Kier molecular flexibility index (Phi) is 7.85. The van der Waals surface area contributed by atoms with Gasteiger partial charge in [0.2, 0.25) is 0 Å². The number of furan rings is 1. The van der Waals surface area contributed by atoms with Crippen LogP contribution in [0.2, 0.25) is 0 Å². The van der Waals surface area contributed by atoms with Crippen molar-refractivity contribution < 1.29 is 4.42 Å². The third-order valence-corrected chi connectivity index (χ3v) is 11.8. The Morgan fingerprint density at radius 2 is 1.08 bits per heavy atom. The van der Waals surface area contributed by atoms with Crippen molar-refractivity contribution in [1.82, 2.24) is 9.88 Å². The normalized spacial score (nSPS) is 14.2. The van der Waals surface area contributed by atoms with E-state index in [4.69, 9.17) is 14.4 Å². The van der Waals surface area contributed by atoms with Crippen molar-refractivity contribution in [2.24, 2.45) is 9.98 Å². The zero-order valence-electron chi connectivity index (χ0n) is 32.5. The molecule has 0 bridgehead atoms. The molecule has 0 radical (unpaired) electrons. The number of hydrogen-bond donors (Lipinski definition) is 1. The van der Waals surface area contributed by atoms with E-state index < -0.39 is 6.17 Å². The van der Waals surface area contributed by atoms with Gasteiger partial charge in [-0.25, -0.2) is 9.98 Å². The molecule has 1 aliphatic rings. The number of benzene rings is 9. The standard InChI is InChI=1S/C55H36N4O/c1-3-14-35(15-4-1)37-26-28-38(29-27-37)53-56-54(42-21-13-20-39(30-42)36-16-5-2-6-17-36)58-55(57-53)47-33-43(34-51-52(47)45-23-10-12-25-50(45)60-51)59-48-24-11-9-22-44(48)46-31-40-18-7-8-19-41(40)32-49(46)59/h1-34,53H,(H,56,57,58). The van der Waals surface area contributed by atoms with Crippen LogP contribution in [0.25, 0.3) is 82.5 Å². The Hall–Kier alpha value is -8.02. The number of hydrogen-bond acceptors (Lipinski definition) is 4. The summed E-state index contributed by atoms with van der Waals surface area (Å²) in [4.78, 5) is 10.8. The molecule has 0 fully saturated rings. The van der Waals surface area contributed by atoms with Gasteiger partial charge in [-0.1, -0.05) is 164 Å². The number of aliphatic imine (C=N–C) groups is 2. The molecule has 1 N–H and O–H groups in total. The first kappa shape index (κ1) is 34.1. The average Bonchev–Trinajstić information content (AvgIpc) is 3.86. The summed E-state index contributed by atoms with van der Waals surface area (Å²) in [5, 5.41) is 10.7. The maximum Gasteiger partial charge on any atom is 0.159 e. The van der Waals surface area contributed by atoms with Crippen LogP contribution in [-0.2, 0) is 0 Å². The predicted molar refractivity (Wildman–Crippen MR) is 248 cm³/mol. The maximum absolute atomic E-state index is 6.73. The lowest BCUT2D eigenvalue weighted by Gasteiger charge is -2.25. The van der Waals surface area contributed by atoms with Crippen molar-refractivity contribution in [1.29, 1.82) is 0 Å². The Morgan fingerprint density at radius 1 is 0.450 bits per heavy atom. The molecule has 0 amide bonds. The number of rotatable bonds is 6. The molecule has 0 aliphatic carbocycles. The Labute approximate surface area is 346 Å². The third kappa shape index (κ3) is 5.70. The average molecular weight is 769 g/mol. The van der Waals surface area contributed by atoms with Crippen LogP contribution in [0.5, 0.6) is 0 Å². The number of fused-ring (bicyclic) bond motifs is 7. The zero-order valence-corrected chi connectivity index (χ0v) is 32.5. The predicted octanol–water partition coefficient (Wildman–Crippen LogP) is 13.7. The second kappa shape index (κ2) is 13.8. The van der Waals surface area contributed by atoms with E-state index in [2.05, 4.69) is 192 Å². The van der Waals surface area contributed by atoms with Crippen molar-refractivity contribution in [3.63, 3.8) is 0 Å². The number of nitrogens with one attached hydrogen (secondary N) is 1. The fraction of sp³-hybridized carbons (Fsp3) is 0.0182. The summed E-state index contributed by atoms with van der Waals surface area (Å²) in [6, 6.07) is 72.8. The lowest BCUT2D eigenvalue weighted by atomic mass is 10.0. The second-order valence-corrected chi connectivity index (χ2v) is 15.4. The van der Waals surface area contributed by atoms with E-state index >= 15 is 0 Å². The van der Waals surface area contributed by atoms with Crippen molar-refractivity contribution in [3.05, 3.63) is 223 Å². The minimum absolute atomic E-state index is 0.408. The lowest BCUT2D eigenvalue weighted by molar-refractivity contribution is 0.667. The Morgan fingerprint density at radius 3 is 1.88 bits per heavy atom. The van der Waals surface area contributed by atoms with Crippen molar-refractivity contribution in [2.75, 3.05) is 0 Å². The number of nitrogens with zero attached hydrogens (tertiary/aromatic N) is 3. The fourth-order valence-corrected chi connectivity index (χ4v) is 8.93. The molecule has 11 aromatic rings. The maximum atomic E-state index is 6.73. The van der Waals surface area contributed by atoms with Crippen LogP contribution in [0, 0.1) is 0 Å². The molecule has 1 aliphatic heterocycles. The fourth-order valence-electron chi connectivity index (χ4n) is 8.93. The molecule has 1 unspecified atom stereocenters. The van der Waals surface area contributed by atoms with Crippen LogP contribution in [0.1, 0.15) is 22.9 Å². The summed E-state index contributed by atoms with van der Waals surface area (Å²) < 4.78 is 9.10. The van der Waals surface area contributed by atoms with E-state index in [1.54, 1.807) is 0 Å². The highest BCUT2D eigenvalue weighted by atomic mass is 16.3. The van der Waals surface area contributed by atoms with E-state index in [1.807, 2.05) is 24.3 Å². The smallest absolute Gasteiger partial charge is 0.159 e. The van der Waals surface area contributed by atoms with E-state index in [0.29, 0.717) is 5.84 Å². The van der Waals surface area contributed by atoms with Gasteiger partial charge in [-0.2, -0.15) is 0 Å². The molecule has 1 atom stereocenters. The van der Waals surface area contributed by atoms with Gasteiger partial charge in [0.15, 0.2) is 5.84 Å². The summed E-state index contributed by atoms with van der Waals surface area (Å²) in [6.07, 6.45) is -0.408. The van der Waals surface area contributed by atoms with Crippen LogP contribution in [0.3, 0.4) is 0 Å². The van der Waals surface area contributed by atoms with Gasteiger partial charge in [0.05, 0.1) is 16.7 Å². The van der Waals surface area contributed by atoms with Gasteiger partial charge >= 0.3 is 0 Å². The molecule has 0 saturated heterocycles. The number of amidine groups is 2. The van der Waals surface area contributed by atoms with Gasteiger partial charge in [0.25, 0.3) is 0 Å². The molecule has 60 heavy (non-hydrogen) atoms. The quantitative estimate of drug-likeness (QED) is 0.183. The van der Waals surface area contributed by atoms with Gasteiger partial charge in [-0.3, -0.25) is 0 Å². The summed E-state index contributed by atoms with van der Waals surface area (Å²) >= 11 is 0. The molecular weight excluding hydrogens is 733 g/mol. The van der Waals surface area contributed by atoms with Crippen LogP contribution in [-0.4, -0.2) is 16.2 Å². The molecule has 5 heteroatoms. The van der Waals surface area contributed by atoms with Crippen LogP contribution < -0.4 is 5.32 Å². The Bertz CT molecular complexity index is 3510. The third-order valence-electron chi connectivity index (χ3n) is 11.8. The van der Waals surface area contributed by atoms with E-state index in [-0.39, 0.29) is 0 Å². The van der Waals surface area contributed by atoms with E-state index in [9.17, 15) is 0 Å². The first-order valence-electron chi connectivity index (χ1n) is 20.3. The molecule has 2 aromatic heterocycles. The lowest BCUT2D eigenvalue weighted by Crippen LogP contribution is -2.33. The molecule has 0 spiro atoms. The first-order valence-corrected chi connectivity index (χ1v) is 20.3. The first-order chi connectivity index (χ1) is 29.7. The van der Waals surface area contributed by atoms with Crippen LogP contribution in [0.4, 0.5) is 0 Å². The summed E-state index contributed by atoms with van der Waals surface area (Å²) in [7, 11) is 0. The Balaban J connectivity index is 1.09. The minimum Gasteiger partial charge on any atom is -0.456 e. The summed E-state index contributed by atoms with van der Waals surface area (Å²) in [6.45, 7) is 0. The number of para-hydroxylation sites is 2. The molecule has 3 heterocycles. The highest BCUT2D eigenvalue weighted by Crippen LogP contribution is 2.39. The largest absolute Gasteiger partial charge is 0.456 e. The minimum atomic E-state index is -0.408. The van der Waals surface area contributed by atoms with E-state index in [0.717, 1.165) is 77.9 Å².